The Labute approximate surface area is 134 Å². The lowest BCUT2D eigenvalue weighted by atomic mass is 10.0. The summed E-state index contributed by atoms with van der Waals surface area (Å²) in [5.41, 5.74) is 2.61. The zero-order valence-corrected chi connectivity index (χ0v) is 12.8. The average molecular weight is 310 g/mol. The summed E-state index contributed by atoms with van der Waals surface area (Å²) < 4.78 is 0. The van der Waals surface area contributed by atoms with Crippen LogP contribution in [0.4, 0.5) is 5.69 Å². The highest BCUT2D eigenvalue weighted by Gasteiger charge is 2.21. The van der Waals surface area contributed by atoms with Gasteiger partial charge in [0.25, 0.3) is 5.91 Å². The molecule has 2 N–H and O–H groups in total. The molecule has 0 saturated heterocycles. The van der Waals surface area contributed by atoms with Crippen LogP contribution in [0.3, 0.4) is 0 Å². The molecule has 0 aromatic heterocycles. The van der Waals surface area contributed by atoms with Gasteiger partial charge >= 0.3 is 0 Å². The van der Waals surface area contributed by atoms with E-state index in [1.807, 2.05) is 49.4 Å². The molecule has 0 heterocycles. The van der Waals surface area contributed by atoms with Crippen LogP contribution in [-0.2, 0) is 20.8 Å². The Morgan fingerprint density at radius 1 is 1.04 bits per heavy atom. The molecule has 5 heteroatoms. The fourth-order valence-corrected chi connectivity index (χ4v) is 2.13. The van der Waals surface area contributed by atoms with Gasteiger partial charge in [-0.15, -0.1) is 0 Å². The standard InChI is InChI=1S/C18H18N2O3/c1-13-7-9-15(10-8-13)19-18(23)16(20-17(22)12-21)11-14-5-3-2-4-6-14/h2-10,12,16H,11H2,1H3,(H,19,23)(H,20,22). The number of carbonyl (C=O) groups is 3. The smallest absolute Gasteiger partial charge is 0.284 e. The zero-order chi connectivity index (χ0) is 16.7. The Kier molecular flexibility index (Phi) is 5.63. The van der Waals surface area contributed by atoms with E-state index in [9.17, 15) is 14.4 Å². The van der Waals surface area contributed by atoms with E-state index in [4.69, 9.17) is 0 Å². The molecule has 1 unspecified atom stereocenters. The number of rotatable bonds is 6. The summed E-state index contributed by atoms with van der Waals surface area (Å²) in [5.74, 6) is -1.18. The van der Waals surface area contributed by atoms with Gasteiger partial charge in [0.2, 0.25) is 12.2 Å². The first-order chi connectivity index (χ1) is 11.1. The van der Waals surface area contributed by atoms with Gasteiger partial charge in [0.15, 0.2) is 0 Å². The molecule has 0 bridgehead atoms. The third-order valence-electron chi connectivity index (χ3n) is 3.34. The molecule has 0 radical (unpaired) electrons. The van der Waals surface area contributed by atoms with Crippen LogP contribution < -0.4 is 10.6 Å². The van der Waals surface area contributed by atoms with Crippen LogP contribution in [0.25, 0.3) is 0 Å². The lowest BCUT2D eigenvalue weighted by molar-refractivity contribution is -0.133. The second-order valence-electron chi connectivity index (χ2n) is 5.22. The van der Waals surface area contributed by atoms with Gasteiger partial charge in [-0.25, -0.2) is 0 Å². The number of nitrogens with one attached hydrogen (secondary N) is 2. The molecule has 0 aliphatic rings. The predicted octanol–water partition coefficient (Wildman–Crippen LogP) is 1.86. The number of hydrogen-bond acceptors (Lipinski definition) is 3. The summed E-state index contributed by atoms with van der Waals surface area (Å²) in [4.78, 5) is 34.3. The van der Waals surface area contributed by atoms with Crippen molar-refractivity contribution in [1.82, 2.24) is 5.32 Å². The van der Waals surface area contributed by atoms with Gasteiger partial charge in [-0.2, -0.15) is 0 Å². The molecule has 2 amide bonds. The van der Waals surface area contributed by atoms with Crippen molar-refractivity contribution in [3.05, 3.63) is 65.7 Å². The van der Waals surface area contributed by atoms with E-state index in [0.29, 0.717) is 12.1 Å². The zero-order valence-electron chi connectivity index (χ0n) is 12.8. The van der Waals surface area contributed by atoms with Gasteiger partial charge in [0, 0.05) is 12.1 Å². The molecular formula is C18H18N2O3. The SMILES string of the molecule is Cc1ccc(NC(=O)C(Cc2ccccc2)NC(=O)C=O)cc1. The number of aryl methyl sites for hydroxylation is 1. The highest BCUT2D eigenvalue weighted by molar-refractivity contribution is 6.24. The highest BCUT2D eigenvalue weighted by atomic mass is 16.2. The number of anilines is 1. The fourth-order valence-electron chi connectivity index (χ4n) is 2.13. The molecule has 2 rings (SSSR count). The van der Waals surface area contributed by atoms with Crippen molar-refractivity contribution in [2.75, 3.05) is 5.32 Å². The Bertz CT molecular complexity index is 681. The van der Waals surface area contributed by atoms with Crippen molar-refractivity contribution in [3.8, 4) is 0 Å². The molecule has 23 heavy (non-hydrogen) atoms. The van der Waals surface area contributed by atoms with E-state index >= 15 is 0 Å². The summed E-state index contributed by atoms with van der Waals surface area (Å²) in [5, 5.41) is 5.18. The predicted molar refractivity (Wildman–Crippen MR) is 87.9 cm³/mol. The molecule has 5 nitrogen and oxygen atoms in total. The Morgan fingerprint density at radius 2 is 1.70 bits per heavy atom. The highest BCUT2D eigenvalue weighted by Crippen LogP contribution is 2.10. The van der Waals surface area contributed by atoms with E-state index in [2.05, 4.69) is 10.6 Å². The first-order valence-electron chi connectivity index (χ1n) is 7.25. The van der Waals surface area contributed by atoms with E-state index in [1.54, 1.807) is 12.1 Å². The molecule has 1 atom stereocenters. The molecule has 0 saturated carbocycles. The van der Waals surface area contributed by atoms with Crippen LogP contribution in [0.5, 0.6) is 0 Å². The third kappa shape index (κ3) is 5.07. The van der Waals surface area contributed by atoms with E-state index in [0.717, 1.165) is 11.1 Å². The average Bonchev–Trinajstić information content (AvgIpc) is 2.57. The molecule has 0 spiro atoms. The monoisotopic (exact) mass is 310 g/mol. The first-order valence-corrected chi connectivity index (χ1v) is 7.25. The number of aldehydes is 1. The number of amides is 2. The molecule has 2 aromatic carbocycles. The van der Waals surface area contributed by atoms with Gasteiger partial charge in [-0.05, 0) is 24.6 Å². The molecule has 0 aliphatic carbocycles. The van der Waals surface area contributed by atoms with E-state index in [-0.39, 0.29) is 12.2 Å². The quantitative estimate of drug-likeness (QED) is 0.631. The Hall–Kier alpha value is -2.95. The topological polar surface area (TPSA) is 75.3 Å². The van der Waals surface area contributed by atoms with Crippen molar-refractivity contribution < 1.29 is 14.4 Å². The van der Waals surface area contributed by atoms with Crippen molar-refractivity contribution in [1.29, 1.82) is 0 Å². The van der Waals surface area contributed by atoms with Gasteiger partial charge in [0.1, 0.15) is 6.04 Å². The van der Waals surface area contributed by atoms with Crippen LogP contribution in [0.1, 0.15) is 11.1 Å². The summed E-state index contributed by atoms with van der Waals surface area (Å²) in [6.45, 7) is 1.95. The lowest BCUT2D eigenvalue weighted by Crippen LogP contribution is -2.45. The maximum Gasteiger partial charge on any atom is 0.284 e. The number of carbonyl (C=O) groups excluding carboxylic acids is 3. The van der Waals surface area contributed by atoms with Crippen LogP contribution in [0, 0.1) is 6.92 Å². The van der Waals surface area contributed by atoms with Crippen molar-refractivity contribution in [3.63, 3.8) is 0 Å². The summed E-state index contributed by atoms with van der Waals surface area (Å²) in [6.07, 6.45) is 0.468. The largest absolute Gasteiger partial charge is 0.338 e. The van der Waals surface area contributed by atoms with Gasteiger partial charge in [-0.3, -0.25) is 14.4 Å². The molecular weight excluding hydrogens is 292 g/mol. The van der Waals surface area contributed by atoms with Crippen molar-refractivity contribution in [2.45, 2.75) is 19.4 Å². The number of benzene rings is 2. The summed E-state index contributed by atoms with van der Waals surface area (Å²) >= 11 is 0. The van der Waals surface area contributed by atoms with Gasteiger partial charge in [0.05, 0.1) is 0 Å². The molecule has 118 valence electrons. The minimum Gasteiger partial charge on any atom is -0.338 e. The minimum atomic E-state index is -0.823. The molecule has 0 aliphatic heterocycles. The van der Waals surface area contributed by atoms with Crippen molar-refractivity contribution in [2.24, 2.45) is 0 Å². The Morgan fingerprint density at radius 3 is 2.30 bits per heavy atom. The maximum absolute atomic E-state index is 12.4. The molecule has 0 fully saturated rings. The van der Waals surface area contributed by atoms with Crippen LogP contribution in [0.15, 0.2) is 54.6 Å². The lowest BCUT2D eigenvalue weighted by Gasteiger charge is -2.17. The van der Waals surface area contributed by atoms with Gasteiger partial charge in [-0.1, -0.05) is 48.0 Å². The Balaban J connectivity index is 2.11. The second kappa shape index (κ2) is 7.89. The van der Waals surface area contributed by atoms with Crippen LogP contribution >= 0.6 is 0 Å². The summed E-state index contributed by atoms with van der Waals surface area (Å²) in [6, 6.07) is 15.8. The van der Waals surface area contributed by atoms with Crippen LogP contribution in [0.2, 0.25) is 0 Å². The van der Waals surface area contributed by atoms with E-state index < -0.39 is 11.9 Å². The number of hydrogen-bond donors (Lipinski definition) is 2. The minimum absolute atomic E-state index is 0.164. The molecule has 2 aromatic rings. The maximum atomic E-state index is 12.4. The second-order valence-corrected chi connectivity index (χ2v) is 5.22. The van der Waals surface area contributed by atoms with Gasteiger partial charge < -0.3 is 10.6 Å². The third-order valence-corrected chi connectivity index (χ3v) is 3.34. The van der Waals surface area contributed by atoms with Crippen LogP contribution in [-0.4, -0.2) is 24.1 Å². The summed E-state index contributed by atoms with van der Waals surface area (Å²) in [7, 11) is 0. The normalized spacial score (nSPS) is 11.3. The fraction of sp³-hybridized carbons (Fsp3) is 0.167. The van der Waals surface area contributed by atoms with Crippen molar-refractivity contribution >= 4 is 23.8 Å². The van der Waals surface area contributed by atoms with E-state index in [1.165, 1.54) is 0 Å². The first kappa shape index (κ1) is 16.4.